The summed E-state index contributed by atoms with van der Waals surface area (Å²) in [5.41, 5.74) is -1.19. The largest absolute Gasteiger partial charge is 0.351 e. The summed E-state index contributed by atoms with van der Waals surface area (Å²) in [5.74, 6) is 2.59. The standard InChI is InChI=1S/C20H28N2O3S/c1-20(2,22-26(24,25)17-6-4-3-5-7-17)19(23)21-18-15-9-13-8-14(11-15)12-16(18)10-13/h3-7,13-16,18,22H,8-12H2,1-2H3,(H,21,23). The van der Waals surface area contributed by atoms with E-state index in [0.29, 0.717) is 11.8 Å². The number of rotatable bonds is 5. The van der Waals surface area contributed by atoms with Crippen LogP contribution >= 0.6 is 0 Å². The van der Waals surface area contributed by atoms with E-state index in [1.165, 1.54) is 44.2 Å². The Morgan fingerprint density at radius 3 is 2.04 bits per heavy atom. The fraction of sp³-hybridized carbons (Fsp3) is 0.650. The number of amides is 1. The predicted molar refractivity (Wildman–Crippen MR) is 99.8 cm³/mol. The molecule has 0 atom stereocenters. The van der Waals surface area contributed by atoms with Crippen LogP contribution in [0.3, 0.4) is 0 Å². The first kappa shape index (κ1) is 18.0. The summed E-state index contributed by atoms with van der Waals surface area (Å²) in [6.45, 7) is 3.28. The van der Waals surface area contributed by atoms with Crippen LogP contribution in [-0.2, 0) is 14.8 Å². The van der Waals surface area contributed by atoms with Crippen LogP contribution in [-0.4, -0.2) is 25.9 Å². The molecule has 26 heavy (non-hydrogen) atoms. The van der Waals surface area contributed by atoms with Crippen molar-refractivity contribution in [2.75, 3.05) is 0 Å². The lowest BCUT2D eigenvalue weighted by molar-refractivity contribution is -0.129. The summed E-state index contributed by atoms with van der Waals surface area (Å²) >= 11 is 0. The van der Waals surface area contributed by atoms with E-state index in [1.54, 1.807) is 32.0 Å². The second-order valence-electron chi connectivity index (χ2n) is 8.97. The highest BCUT2D eigenvalue weighted by Gasteiger charge is 2.49. The van der Waals surface area contributed by atoms with E-state index in [9.17, 15) is 13.2 Å². The molecule has 1 amide bonds. The Hall–Kier alpha value is -1.40. The Kier molecular flexibility index (Phi) is 4.39. The van der Waals surface area contributed by atoms with Crippen LogP contribution in [0.4, 0.5) is 0 Å². The van der Waals surface area contributed by atoms with Crippen LogP contribution in [0.2, 0.25) is 0 Å². The minimum Gasteiger partial charge on any atom is -0.351 e. The molecule has 4 bridgehead atoms. The van der Waals surface area contributed by atoms with Gasteiger partial charge < -0.3 is 5.32 Å². The highest BCUT2D eigenvalue weighted by Crippen LogP contribution is 2.53. The fourth-order valence-electron chi connectivity index (χ4n) is 5.53. The molecule has 6 heteroatoms. The zero-order chi connectivity index (χ0) is 18.5. The Labute approximate surface area is 156 Å². The van der Waals surface area contributed by atoms with Crippen molar-refractivity contribution in [2.24, 2.45) is 23.7 Å². The Morgan fingerprint density at radius 2 is 1.50 bits per heavy atom. The van der Waals surface area contributed by atoms with Gasteiger partial charge in [-0.25, -0.2) is 8.42 Å². The molecule has 0 aliphatic heterocycles. The van der Waals surface area contributed by atoms with Gasteiger partial charge in [0.25, 0.3) is 0 Å². The average Bonchev–Trinajstić information content (AvgIpc) is 2.57. The first-order valence-corrected chi connectivity index (χ1v) is 11.1. The van der Waals surface area contributed by atoms with Gasteiger partial charge in [-0.3, -0.25) is 4.79 Å². The van der Waals surface area contributed by atoms with Crippen molar-refractivity contribution in [1.82, 2.24) is 10.0 Å². The fourth-order valence-corrected chi connectivity index (χ4v) is 6.93. The van der Waals surface area contributed by atoms with Crippen LogP contribution in [0.5, 0.6) is 0 Å². The molecule has 4 aliphatic rings. The van der Waals surface area contributed by atoms with E-state index in [2.05, 4.69) is 10.0 Å². The summed E-state index contributed by atoms with van der Waals surface area (Å²) in [7, 11) is -3.73. The Balaban J connectivity index is 1.45. The zero-order valence-corrected chi connectivity index (χ0v) is 16.3. The van der Waals surface area contributed by atoms with Crippen molar-refractivity contribution in [1.29, 1.82) is 0 Å². The molecular weight excluding hydrogens is 348 g/mol. The van der Waals surface area contributed by atoms with Crippen molar-refractivity contribution in [3.05, 3.63) is 30.3 Å². The third kappa shape index (κ3) is 3.29. The Morgan fingerprint density at radius 1 is 0.962 bits per heavy atom. The van der Waals surface area contributed by atoms with Gasteiger partial charge in [0.15, 0.2) is 0 Å². The lowest BCUT2D eigenvalue weighted by Crippen LogP contribution is -2.62. The quantitative estimate of drug-likeness (QED) is 0.830. The highest BCUT2D eigenvalue weighted by atomic mass is 32.2. The number of carbonyl (C=O) groups is 1. The number of hydrogen-bond donors (Lipinski definition) is 2. The number of sulfonamides is 1. The SMILES string of the molecule is CC(C)(NS(=O)(=O)c1ccccc1)C(=O)NC1C2CC3CC(C2)CC1C3. The van der Waals surface area contributed by atoms with Gasteiger partial charge >= 0.3 is 0 Å². The molecule has 4 saturated carbocycles. The van der Waals surface area contributed by atoms with E-state index >= 15 is 0 Å². The van der Waals surface area contributed by atoms with E-state index in [4.69, 9.17) is 0 Å². The van der Waals surface area contributed by atoms with Crippen LogP contribution in [0.15, 0.2) is 35.2 Å². The van der Waals surface area contributed by atoms with Gasteiger partial charge in [-0.1, -0.05) is 18.2 Å². The number of benzene rings is 1. The maximum atomic E-state index is 12.9. The molecular formula is C20H28N2O3S. The Bertz CT molecular complexity index is 761. The molecule has 0 radical (unpaired) electrons. The molecule has 1 aromatic carbocycles. The van der Waals surface area contributed by atoms with Crippen LogP contribution in [0, 0.1) is 23.7 Å². The van der Waals surface area contributed by atoms with Crippen LogP contribution < -0.4 is 10.0 Å². The van der Waals surface area contributed by atoms with Crippen LogP contribution in [0.1, 0.15) is 46.0 Å². The first-order chi connectivity index (χ1) is 12.2. The molecule has 0 saturated heterocycles. The lowest BCUT2D eigenvalue weighted by Gasteiger charge is -2.54. The first-order valence-electron chi connectivity index (χ1n) is 9.64. The smallest absolute Gasteiger partial charge is 0.241 e. The minimum absolute atomic E-state index is 0.176. The van der Waals surface area contributed by atoms with Crippen molar-refractivity contribution in [2.45, 2.75) is 62.4 Å². The van der Waals surface area contributed by atoms with Crippen molar-refractivity contribution >= 4 is 15.9 Å². The van der Waals surface area contributed by atoms with Gasteiger partial charge in [0.2, 0.25) is 15.9 Å². The number of carbonyl (C=O) groups excluding carboxylic acids is 1. The molecule has 4 aliphatic carbocycles. The van der Waals surface area contributed by atoms with Gasteiger partial charge in [0.05, 0.1) is 4.90 Å². The van der Waals surface area contributed by atoms with Crippen molar-refractivity contribution in [3.63, 3.8) is 0 Å². The van der Waals surface area contributed by atoms with E-state index in [0.717, 1.165) is 11.8 Å². The molecule has 0 spiro atoms. The summed E-state index contributed by atoms with van der Waals surface area (Å²) < 4.78 is 27.8. The average molecular weight is 377 g/mol. The van der Waals surface area contributed by atoms with Crippen molar-refractivity contribution < 1.29 is 13.2 Å². The van der Waals surface area contributed by atoms with Gasteiger partial charge in [-0.05, 0) is 81.8 Å². The number of hydrogen-bond acceptors (Lipinski definition) is 3. The molecule has 0 aromatic heterocycles. The maximum absolute atomic E-state index is 12.9. The van der Waals surface area contributed by atoms with Gasteiger partial charge in [-0.15, -0.1) is 0 Å². The minimum atomic E-state index is -3.73. The molecule has 0 heterocycles. The van der Waals surface area contributed by atoms with Gasteiger partial charge in [0.1, 0.15) is 5.54 Å². The molecule has 4 fully saturated rings. The van der Waals surface area contributed by atoms with Crippen LogP contribution in [0.25, 0.3) is 0 Å². The normalized spacial score (nSPS) is 33.2. The second kappa shape index (κ2) is 6.34. The summed E-state index contributed by atoms with van der Waals surface area (Å²) in [4.78, 5) is 13.1. The lowest BCUT2D eigenvalue weighted by atomic mass is 9.54. The van der Waals surface area contributed by atoms with E-state index in [1.807, 2.05) is 0 Å². The monoisotopic (exact) mass is 376 g/mol. The molecule has 0 unspecified atom stereocenters. The summed E-state index contributed by atoms with van der Waals surface area (Å²) in [6.07, 6.45) is 6.24. The third-order valence-corrected chi connectivity index (χ3v) is 8.21. The molecule has 5 nitrogen and oxygen atoms in total. The van der Waals surface area contributed by atoms with E-state index in [-0.39, 0.29) is 16.8 Å². The van der Waals surface area contributed by atoms with Gasteiger partial charge in [0, 0.05) is 6.04 Å². The zero-order valence-electron chi connectivity index (χ0n) is 15.4. The molecule has 1 aromatic rings. The maximum Gasteiger partial charge on any atom is 0.241 e. The third-order valence-electron chi connectivity index (χ3n) is 6.54. The van der Waals surface area contributed by atoms with Crippen molar-refractivity contribution in [3.8, 4) is 0 Å². The highest BCUT2D eigenvalue weighted by molar-refractivity contribution is 7.89. The molecule has 5 rings (SSSR count). The molecule has 142 valence electrons. The summed E-state index contributed by atoms with van der Waals surface area (Å²) in [5, 5.41) is 3.21. The second-order valence-corrected chi connectivity index (χ2v) is 10.7. The van der Waals surface area contributed by atoms with E-state index < -0.39 is 15.6 Å². The van der Waals surface area contributed by atoms with Gasteiger partial charge in [-0.2, -0.15) is 4.72 Å². The summed E-state index contributed by atoms with van der Waals surface area (Å²) in [6, 6.07) is 8.40. The predicted octanol–water partition coefficient (Wildman–Crippen LogP) is 2.68. The molecule has 2 N–H and O–H groups in total. The topological polar surface area (TPSA) is 75.3 Å². The number of nitrogens with one attached hydrogen (secondary N) is 2.